The molecule has 34 heavy (non-hydrogen) atoms. The SMILES string of the molecule is C/C=C(\C(=O)OCc1ccccc1)C(NP(=O)(c1ccccc1)c1ccccc1)c1ccco1. The van der Waals surface area contributed by atoms with E-state index in [9.17, 15) is 9.36 Å². The van der Waals surface area contributed by atoms with E-state index in [2.05, 4.69) is 5.09 Å². The van der Waals surface area contributed by atoms with E-state index in [4.69, 9.17) is 9.15 Å². The zero-order chi connectivity index (χ0) is 23.8. The van der Waals surface area contributed by atoms with Crippen LogP contribution in [0.15, 0.2) is 125 Å². The Labute approximate surface area is 199 Å². The molecule has 1 N–H and O–H groups in total. The highest BCUT2D eigenvalue weighted by molar-refractivity contribution is 7.76. The smallest absolute Gasteiger partial charge is 0.336 e. The molecule has 0 bridgehead atoms. The van der Waals surface area contributed by atoms with Gasteiger partial charge in [-0.15, -0.1) is 0 Å². The monoisotopic (exact) mass is 471 g/mol. The van der Waals surface area contributed by atoms with Crippen molar-refractivity contribution in [2.75, 3.05) is 0 Å². The second-order valence-electron chi connectivity index (χ2n) is 7.66. The van der Waals surface area contributed by atoms with Crippen molar-refractivity contribution in [2.45, 2.75) is 19.6 Å². The summed E-state index contributed by atoms with van der Waals surface area (Å²) < 4.78 is 25.9. The van der Waals surface area contributed by atoms with Crippen LogP contribution in [0, 0.1) is 0 Å². The molecular weight excluding hydrogens is 445 g/mol. The first-order chi connectivity index (χ1) is 16.6. The number of ether oxygens (including phenoxy) is 1. The van der Waals surface area contributed by atoms with E-state index in [0.717, 1.165) is 5.56 Å². The Hall–Kier alpha value is -3.66. The van der Waals surface area contributed by atoms with Crippen LogP contribution in [0.25, 0.3) is 0 Å². The maximum atomic E-state index is 14.6. The molecule has 1 unspecified atom stereocenters. The van der Waals surface area contributed by atoms with Gasteiger partial charge in [-0.1, -0.05) is 72.8 Å². The summed E-state index contributed by atoms with van der Waals surface area (Å²) >= 11 is 0. The van der Waals surface area contributed by atoms with E-state index in [1.165, 1.54) is 6.26 Å². The quantitative estimate of drug-likeness (QED) is 0.198. The van der Waals surface area contributed by atoms with E-state index in [0.29, 0.717) is 21.9 Å². The molecule has 0 radical (unpaired) electrons. The van der Waals surface area contributed by atoms with E-state index < -0.39 is 19.3 Å². The molecule has 1 heterocycles. The van der Waals surface area contributed by atoms with Crippen LogP contribution in [0.1, 0.15) is 24.3 Å². The van der Waals surface area contributed by atoms with Crippen molar-refractivity contribution < 1.29 is 18.5 Å². The summed E-state index contributed by atoms with van der Waals surface area (Å²) in [6.07, 6.45) is 3.20. The van der Waals surface area contributed by atoms with Gasteiger partial charge in [0.05, 0.1) is 11.8 Å². The third kappa shape index (κ3) is 5.28. The van der Waals surface area contributed by atoms with Crippen LogP contribution < -0.4 is 15.7 Å². The molecule has 1 atom stereocenters. The Morgan fingerprint density at radius 2 is 1.44 bits per heavy atom. The standard InChI is InChI=1S/C28H26NO4P/c1-2-25(28(30)33-21-22-13-6-3-7-14-22)27(26-19-12-20-32-26)29-34(31,23-15-8-4-9-16-23)24-17-10-5-11-18-24/h2-20,27H,21H2,1H3,(H,29,31)/b25-2-. The zero-order valence-electron chi connectivity index (χ0n) is 18.8. The number of esters is 1. The van der Waals surface area contributed by atoms with Crippen LogP contribution in [-0.4, -0.2) is 5.97 Å². The normalized spacial score (nSPS) is 12.8. The molecule has 0 amide bonds. The van der Waals surface area contributed by atoms with Gasteiger partial charge >= 0.3 is 5.97 Å². The summed E-state index contributed by atoms with van der Waals surface area (Å²) in [6.45, 7) is 1.89. The lowest BCUT2D eigenvalue weighted by molar-refractivity contribution is -0.140. The van der Waals surface area contributed by atoms with E-state index in [1.54, 1.807) is 25.1 Å². The molecule has 6 heteroatoms. The number of hydrogen-bond donors (Lipinski definition) is 1. The van der Waals surface area contributed by atoms with Crippen LogP contribution in [0.3, 0.4) is 0 Å². The molecule has 0 saturated heterocycles. The van der Waals surface area contributed by atoms with Gasteiger partial charge in [0.2, 0.25) is 7.29 Å². The molecule has 0 saturated carbocycles. The Bertz CT molecular complexity index is 1230. The molecule has 0 spiro atoms. The fourth-order valence-electron chi connectivity index (χ4n) is 3.71. The largest absolute Gasteiger partial charge is 0.467 e. The molecular formula is C28H26NO4P. The molecule has 3 aromatic carbocycles. The van der Waals surface area contributed by atoms with Gasteiger partial charge in [0.15, 0.2) is 0 Å². The lowest BCUT2D eigenvalue weighted by atomic mass is 10.1. The Morgan fingerprint density at radius 1 is 0.882 bits per heavy atom. The van der Waals surface area contributed by atoms with E-state index in [-0.39, 0.29) is 6.61 Å². The first kappa shape index (κ1) is 23.5. The van der Waals surface area contributed by atoms with Gasteiger partial charge in [-0.2, -0.15) is 0 Å². The maximum absolute atomic E-state index is 14.6. The summed E-state index contributed by atoms with van der Waals surface area (Å²) in [7, 11) is -3.36. The molecule has 172 valence electrons. The van der Waals surface area contributed by atoms with Crippen LogP contribution in [0.2, 0.25) is 0 Å². The molecule has 5 nitrogen and oxygen atoms in total. The van der Waals surface area contributed by atoms with Gasteiger partial charge in [-0.3, -0.25) is 4.57 Å². The van der Waals surface area contributed by atoms with E-state index in [1.807, 2.05) is 91.0 Å². The minimum Gasteiger partial charge on any atom is -0.467 e. The third-order valence-electron chi connectivity index (χ3n) is 5.45. The number of nitrogens with one attached hydrogen (secondary N) is 1. The summed E-state index contributed by atoms with van der Waals surface area (Å²) in [5, 5.41) is 4.55. The Morgan fingerprint density at radius 3 is 1.94 bits per heavy atom. The van der Waals surface area contributed by atoms with Crippen LogP contribution in [0.4, 0.5) is 0 Å². The van der Waals surface area contributed by atoms with Gasteiger partial charge < -0.3 is 9.15 Å². The molecule has 0 aliphatic rings. The summed E-state index contributed by atoms with van der Waals surface area (Å²) in [5.41, 5.74) is 1.20. The predicted molar refractivity (Wildman–Crippen MR) is 134 cm³/mol. The minimum atomic E-state index is -3.36. The average molecular weight is 471 g/mol. The van der Waals surface area contributed by atoms with Crippen molar-refractivity contribution in [1.29, 1.82) is 0 Å². The predicted octanol–water partition coefficient (Wildman–Crippen LogP) is 5.53. The Balaban J connectivity index is 1.70. The molecule has 4 rings (SSSR count). The van der Waals surface area contributed by atoms with Gasteiger partial charge in [0, 0.05) is 10.6 Å². The van der Waals surface area contributed by atoms with Crippen LogP contribution in [0.5, 0.6) is 0 Å². The molecule has 0 fully saturated rings. The van der Waals surface area contributed by atoms with Crippen LogP contribution in [-0.2, 0) is 20.7 Å². The maximum Gasteiger partial charge on any atom is 0.336 e. The second-order valence-corrected chi connectivity index (χ2v) is 10.2. The minimum absolute atomic E-state index is 0.136. The first-order valence-electron chi connectivity index (χ1n) is 11.0. The Kier molecular flexibility index (Phi) is 7.58. The summed E-state index contributed by atoms with van der Waals surface area (Å²) in [5.74, 6) is -0.0372. The molecule has 0 aliphatic carbocycles. The van der Waals surface area contributed by atoms with Gasteiger partial charge in [-0.25, -0.2) is 9.88 Å². The molecule has 4 aromatic rings. The van der Waals surface area contributed by atoms with Gasteiger partial charge in [0.1, 0.15) is 18.4 Å². The van der Waals surface area contributed by atoms with Crippen molar-refractivity contribution in [3.05, 3.63) is 132 Å². The van der Waals surface area contributed by atoms with Crippen molar-refractivity contribution in [3.63, 3.8) is 0 Å². The number of allylic oxidation sites excluding steroid dienone is 1. The van der Waals surface area contributed by atoms with Gasteiger partial charge in [-0.05, 0) is 48.9 Å². The highest BCUT2D eigenvalue weighted by Crippen LogP contribution is 2.43. The number of benzene rings is 3. The van der Waals surface area contributed by atoms with E-state index >= 15 is 0 Å². The number of furan rings is 1. The first-order valence-corrected chi connectivity index (χ1v) is 12.7. The average Bonchev–Trinajstić information content (AvgIpc) is 3.44. The van der Waals surface area contributed by atoms with Crippen LogP contribution >= 0.6 is 7.29 Å². The zero-order valence-corrected chi connectivity index (χ0v) is 19.7. The second kappa shape index (κ2) is 11.0. The number of carbonyl (C=O) groups is 1. The van der Waals surface area contributed by atoms with Gasteiger partial charge in [0.25, 0.3) is 0 Å². The van der Waals surface area contributed by atoms with Crippen molar-refractivity contribution in [3.8, 4) is 0 Å². The summed E-state index contributed by atoms with van der Waals surface area (Å²) in [4.78, 5) is 13.2. The highest BCUT2D eigenvalue weighted by atomic mass is 31.2. The fourth-order valence-corrected chi connectivity index (χ4v) is 6.12. The number of rotatable bonds is 9. The lowest BCUT2D eigenvalue weighted by Crippen LogP contribution is -2.33. The lowest BCUT2D eigenvalue weighted by Gasteiger charge is -2.27. The molecule has 0 aliphatic heterocycles. The third-order valence-corrected chi connectivity index (χ3v) is 8.12. The fraction of sp³-hybridized carbons (Fsp3) is 0.107. The number of carbonyl (C=O) groups excluding carboxylic acids is 1. The highest BCUT2D eigenvalue weighted by Gasteiger charge is 2.35. The van der Waals surface area contributed by atoms with Crippen molar-refractivity contribution >= 4 is 23.9 Å². The van der Waals surface area contributed by atoms with Crippen molar-refractivity contribution in [2.24, 2.45) is 0 Å². The topological polar surface area (TPSA) is 68.5 Å². The van der Waals surface area contributed by atoms with Crippen molar-refractivity contribution in [1.82, 2.24) is 5.09 Å². The molecule has 1 aromatic heterocycles. The summed E-state index contributed by atoms with van der Waals surface area (Å²) in [6, 6.07) is 30.6. The number of hydrogen-bond acceptors (Lipinski definition) is 4.